The second-order valence-corrected chi connectivity index (χ2v) is 4.94. The normalized spacial score (nSPS) is 10.2. The van der Waals surface area contributed by atoms with Crippen molar-refractivity contribution >= 4 is 5.69 Å². The highest BCUT2D eigenvalue weighted by Crippen LogP contribution is 2.16. The summed E-state index contributed by atoms with van der Waals surface area (Å²) in [7, 11) is 0. The Bertz CT molecular complexity index is 577. The quantitative estimate of drug-likeness (QED) is 0.878. The maximum absolute atomic E-state index is 8.85. The first-order valence-corrected chi connectivity index (χ1v) is 6.52. The predicted molar refractivity (Wildman–Crippen MR) is 79.0 cm³/mol. The molecular weight excluding hydrogens is 232 g/mol. The number of hydrogen-bond acceptors (Lipinski definition) is 2. The molecule has 0 saturated carbocycles. The molecule has 0 atom stereocenters. The molecule has 0 aromatic heterocycles. The van der Waals surface area contributed by atoms with E-state index in [1.54, 1.807) is 0 Å². The van der Waals surface area contributed by atoms with Crippen LogP contribution >= 0.6 is 0 Å². The van der Waals surface area contributed by atoms with E-state index in [2.05, 4.69) is 49.5 Å². The number of rotatable bonds is 4. The van der Waals surface area contributed by atoms with Crippen molar-refractivity contribution in [1.29, 1.82) is 5.26 Å². The van der Waals surface area contributed by atoms with Gasteiger partial charge in [-0.15, -0.1) is 0 Å². The van der Waals surface area contributed by atoms with Crippen LogP contribution < -0.4 is 5.32 Å². The lowest BCUT2D eigenvalue weighted by atomic mass is 10.0. The molecule has 0 radical (unpaired) electrons. The van der Waals surface area contributed by atoms with E-state index in [-0.39, 0.29) is 0 Å². The molecule has 0 unspecified atom stereocenters. The summed E-state index contributed by atoms with van der Waals surface area (Å²) in [5, 5.41) is 12.2. The fourth-order valence-corrected chi connectivity index (χ4v) is 1.92. The maximum atomic E-state index is 8.85. The largest absolute Gasteiger partial charge is 0.381 e. The summed E-state index contributed by atoms with van der Waals surface area (Å²) >= 11 is 0. The van der Waals surface area contributed by atoms with Crippen molar-refractivity contribution in [3.05, 3.63) is 65.2 Å². The third kappa shape index (κ3) is 3.59. The van der Waals surface area contributed by atoms with E-state index in [9.17, 15) is 0 Å². The van der Waals surface area contributed by atoms with E-state index >= 15 is 0 Å². The lowest BCUT2D eigenvalue weighted by molar-refractivity contribution is 0.865. The number of benzene rings is 2. The number of nitrogens with one attached hydrogen (secondary N) is 1. The highest BCUT2D eigenvalue weighted by molar-refractivity contribution is 5.49. The highest BCUT2D eigenvalue weighted by Gasteiger charge is 1.99. The van der Waals surface area contributed by atoms with E-state index in [4.69, 9.17) is 5.26 Å². The Balaban J connectivity index is 2.00. The van der Waals surface area contributed by atoms with Crippen molar-refractivity contribution < 1.29 is 0 Å². The van der Waals surface area contributed by atoms with Gasteiger partial charge in [0, 0.05) is 12.2 Å². The van der Waals surface area contributed by atoms with Crippen molar-refractivity contribution in [2.75, 3.05) is 5.32 Å². The van der Waals surface area contributed by atoms with Crippen LogP contribution in [0.1, 0.15) is 36.5 Å². The van der Waals surface area contributed by atoms with Gasteiger partial charge in [0.2, 0.25) is 0 Å². The number of nitriles is 1. The van der Waals surface area contributed by atoms with Gasteiger partial charge >= 0.3 is 0 Å². The monoisotopic (exact) mass is 250 g/mol. The molecule has 2 rings (SSSR count). The van der Waals surface area contributed by atoms with Gasteiger partial charge in [-0.2, -0.15) is 5.26 Å². The van der Waals surface area contributed by atoms with Gasteiger partial charge in [-0.1, -0.05) is 44.2 Å². The Morgan fingerprint density at radius 1 is 1.11 bits per heavy atom. The molecule has 0 bridgehead atoms. The molecule has 96 valence electrons. The summed E-state index contributed by atoms with van der Waals surface area (Å²) in [6, 6.07) is 18.3. The summed E-state index contributed by atoms with van der Waals surface area (Å²) in [5.41, 5.74) is 4.26. The molecule has 1 N–H and O–H groups in total. The molecule has 0 spiro atoms. The Labute approximate surface area is 114 Å². The van der Waals surface area contributed by atoms with Gasteiger partial charge < -0.3 is 5.32 Å². The Kier molecular flexibility index (Phi) is 4.20. The first-order chi connectivity index (χ1) is 9.19. The molecule has 0 fully saturated rings. The molecule has 2 heteroatoms. The standard InChI is InChI=1S/C17H18N2/c1-13(2)16-8-6-14(7-9-16)12-19-17-5-3-4-15(10-17)11-18/h3-10,13,19H,12H2,1-2H3. The zero-order valence-electron chi connectivity index (χ0n) is 11.4. The third-order valence-electron chi connectivity index (χ3n) is 3.13. The fourth-order valence-electron chi connectivity index (χ4n) is 1.92. The second kappa shape index (κ2) is 6.06. The van der Waals surface area contributed by atoms with Crippen LogP contribution in [0.4, 0.5) is 5.69 Å². The average molecular weight is 250 g/mol. The molecule has 0 heterocycles. The lowest BCUT2D eigenvalue weighted by Crippen LogP contribution is -2.00. The Morgan fingerprint density at radius 2 is 1.84 bits per heavy atom. The van der Waals surface area contributed by atoms with Gasteiger partial charge in [-0.25, -0.2) is 0 Å². The number of nitrogens with zero attached hydrogens (tertiary/aromatic N) is 1. The van der Waals surface area contributed by atoms with Crippen molar-refractivity contribution in [1.82, 2.24) is 0 Å². The molecule has 0 aliphatic carbocycles. The minimum atomic E-state index is 0.564. The summed E-state index contributed by atoms with van der Waals surface area (Å²) in [6.45, 7) is 5.16. The van der Waals surface area contributed by atoms with Crippen LogP contribution in [0.5, 0.6) is 0 Å². The van der Waals surface area contributed by atoms with Crippen LogP contribution in [0.25, 0.3) is 0 Å². The third-order valence-corrected chi connectivity index (χ3v) is 3.13. The van der Waals surface area contributed by atoms with Gasteiger partial charge in [0.15, 0.2) is 0 Å². The SMILES string of the molecule is CC(C)c1ccc(CNc2cccc(C#N)c2)cc1. The summed E-state index contributed by atoms with van der Waals surface area (Å²) in [6.07, 6.45) is 0. The molecule has 19 heavy (non-hydrogen) atoms. The van der Waals surface area contributed by atoms with E-state index < -0.39 is 0 Å². The minimum Gasteiger partial charge on any atom is -0.381 e. The summed E-state index contributed by atoms with van der Waals surface area (Å²) in [5.74, 6) is 0.564. The van der Waals surface area contributed by atoms with Gasteiger partial charge in [0.05, 0.1) is 11.6 Å². The average Bonchev–Trinajstić information content (AvgIpc) is 2.46. The van der Waals surface area contributed by atoms with Gasteiger partial charge in [0.25, 0.3) is 0 Å². The van der Waals surface area contributed by atoms with Crippen molar-refractivity contribution in [2.24, 2.45) is 0 Å². The van der Waals surface area contributed by atoms with Crippen LogP contribution in [-0.4, -0.2) is 0 Å². The molecule has 2 aromatic rings. The van der Waals surface area contributed by atoms with E-state index in [1.807, 2.05) is 24.3 Å². The highest BCUT2D eigenvalue weighted by atomic mass is 14.9. The van der Waals surface area contributed by atoms with Gasteiger partial charge in [-0.05, 0) is 35.2 Å². The van der Waals surface area contributed by atoms with Crippen molar-refractivity contribution in [2.45, 2.75) is 26.3 Å². The number of hydrogen-bond donors (Lipinski definition) is 1. The Hall–Kier alpha value is -2.27. The van der Waals surface area contributed by atoms with E-state index in [0.29, 0.717) is 11.5 Å². The fraction of sp³-hybridized carbons (Fsp3) is 0.235. The van der Waals surface area contributed by atoms with E-state index in [1.165, 1.54) is 11.1 Å². The van der Waals surface area contributed by atoms with Crippen molar-refractivity contribution in [3.63, 3.8) is 0 Å². The first-order valence-electron chi connectivity index (χ1n) is 6.52. The minimum absolute atomic E-state index is 0.564. The van der Waals surface area contributed by atoms with E-state index in [0.717, 1.165) is 12.2 Å². The summed E-state index contributed by atoms with van der Waals surface area (Å²) < 4.78 is 0. The molecule has 0 saturated heterocycles. The van der Waals surface area contributed by atoms with Crippen LogP contribution in [0, 0.1) is 11.3 Å². The number of anilines is 1. The smallest absolute Gasteiger partial charge is 0.0992 e. The molecule has 0 aliphatic rings. The summed E-state index contributed by atoms with van der Waals surface area (Å²) in [4.78, 5) is 0. The molecule has 2 nitrogen and oxygen atoms in total. The lowest BCUT2D eigenvalue weighted by Gasteiger charge is -2.09. The second-order valence-electron chi connectivity index (χ2n) is 4.94. The van der Waals surface area contributed by atoms with Gasteiger partial charge in [0.1, 0.15) is 0 Å². The first kappa shape index (κ1) is 13.2. The molecular formula is C17H18N2. The topological polar surface area (TPSA) is 35.8 Å². The Morgan fingerprint density at radius 3 is 2.47 bits per heavy atom. The van der Waals surface area contributed by atoms with Crippen LogP contribution in [0.15, 0.2) is 48.5 Å². The van der Waals surface area contributed by atoms with Crippen LogP contribution in [0.3, 0.4) is 0 Å². The van der Waals surface area contributed by atoms with Crippen molar-refractivity contribution in [3.8, 4) is 6.07 Å². The maximum Gasteiger partial charge on any atom is 0.0992 e. The van der Waals surface area contributed by atoms with Gasteiger partial charge in [-0.3, -0.25) is 0 Å². The zero-order chi connectivity index (χ0) is 13.7. The zero-order valence-corrected chi connectivity index (χ0v) is 11.4. The molecule has 0 aliphatic heterocycles. The van der Waals surface area contributed by atoms with Crippen LogP contribution in [-0.2, 0) is 6.54 Å². The molecule has 0 amide bonds. The predicted octanol–water partition coefficient (Wildman–Crippen LogP) is 4.29. The van der Waals surface area contributed by atoms with Crippen LogP contribution in [0.2, 0.25) is 0 Å². The molecule has 2 aromatic carbocycles.